The number of likely N-dealkylation sites (N-methyl/N-ethyl adjacent to an activating group) is 1. The molecular formula is C18H30N4. The SMILES string of the molecule is CCNC(=NCc1ccccc1C)NCCN(CC)C1CC1. The fourth-order valence-corrected chi connectivity index (χ4v) is 2.65. The van der Waals surface area contributed by atoms with Gasteiger partial charge < -0.3 is 10.6 Å². The van der Waals surface area contributed by atoms with Gasteiger partial charge in [0.05, 0.1) is 6.54 Å². The van der Waals surface area contributed by atoms with Crippen molar-refractivity contribution in [3.63, 3.8) is 0 Å². The Balaban J connectivity index is 1.83. The summed E-state index contributed by atoms with van der Waals surface area (Å²) >= 11 is 0. The van der Waals surface area contributed by atoms with E-state index in [0.29, 0.717) is 0 Å². The summed E-state index contributed by atoms with van der Waals surface area (Å²) in [5.41, 5.74) is 2.58. The highest BCUT2D eigenvalue weighted by molar-refractivity contribution is 5.79. The van der Waals surface area contributed by atoms with Crippen molar-refractivity contribution in [1.29, 1.82) is 0 Å². The average molecular weight is 302 g/mol. The van der Waals surface area contributed by atoms with E-state index in [1.807, 2.05) is 0 Å². The fourth-order valence-electron chi connectivity index (χ4n) is 2.65. The number of hydrogen-bond acceptors (Lipinski definition) is 2. The lowest BCUT2D eigenvalue weighted by Crippen LogP contribution is -2.42. The minimum atomic E-state index is 0.724. The van der Waals surface area contributed by atoms with Gasteiger partial charge in [0.2, 0.25) is 0 Å². The Morgan fingerprint density at radius 3 is 2.64 bits per heavy atom. The molecule has 0 spiro atoms. The van der Waals surface area contributed by atoms with Gasteiger partial charge in [-0.1, -0.05) is 31.2 Å². The second-order valence-corrected chi connectivity index (χ2v) is 5.91. The number of nitrogens with zero attached hydrogens (tertiary/aromatic N) is 2. The zero-order valence-corrected chi connectivity index (χ0v) is 14.2. The Labute approximate surface area is 135 Å². The van der Waals surface area contributed by atoms with E-state index in [9.17, 15) is 0 Å². The summed E-state index contributed by atoms with van der Waals surface area (Å²) in [5, 5.41) is 6.78. The van der Waals surface area contributed by atoms with Crippen LogP contribution in [0, 0.1) is 6.92 Å². The van der Waals surface area contributed by atoms with E-state index in [1.54, 1.807) is 0 Å². The van der Waals surface area contributed by atoms with Gasteiger partial charge in [-0.15, -0.1) is 0 Å². The topological polar surface area (TPSA) is 39.7 Å². The molecule has 0 aliphatic heterocycles. The van der Waals surface area contributed by atoms with Crippen molar-refractivity contribution < 1.29 is 0 Å². The third kappa shape index (κ3) is 5.34. The number of benzene rings is 1. The van der Waals surface area contributed by atoms with Crippen molar-refractivity contribution in [3.05, 3.63) is 35.4 Å². The Hall–Kier alpha value is -1.55. The molecule has 1 aromatic rings. The van der Waals surface area contributed by atoms with Crippen molar-refractivity contribution in [1.82, 2.24) is 15.5 Å². The number of guanidine groups is 1. The summed E-state index contributed by atoms with van der Waals surface area (Å²) in [4.78, 5) is 7.26. The van der Waals surface area contributed by atoms with Gasteiger partial charge in [0.15, 0.2) is 5.96 Å². The van der Waals surface area contributed by atoms with E-state index >= 15 is 0 Å². The van der Waals surface area contributed by atoms with Gasteiger partial charge in [0.1, 0.15) is 0 Å². The molecule has 4 heteroatoms. The van der Waals surface area contributed by atoms with Gasteiger partial charge in [-0.3, -0.25) is 4.90 Å². The second-order valence-electron chi connectivity index (χ2n) is 5.91. The van der Waals surface area contributed by atoms with Crippen molar-refractivity contribution in [3.8, 4) is 0 Å². The van der Waals surface area contributed by atoms with Gasteiger partial charge in [0.25, 0.3) is 0 Å². The smallest absolute Gasteiger partial charge is 0.191 e. The first-order valence-corrected chi connectivity index (χ1v) is 8.55. The Bertz CT molecular complexity index is 480. The van der Waals surface area contributed by atoms with Crippen LogP contribution in [0.5, 0.6) is 0 Å². The Morgan fingerprint density at radius 1 is 1.23 bits per heavy atom. The first kappa shape index (κ1) is 16.8. The highest BCUT2D eigenvalue weighted by atomic mass is 15.2. The van der Waals surface area contributed by atoms with Crippen LogP contribution in [0.15, 0.2) is 29.3 Å². The minimum Gasteiger partial charge on any atom is -0.357 e. The monoisotopic (exact) mass is 302 g/mol. The number of rotatable bonds is 8. The molecule has 0 heterocycles. The molecule has 122 valence electrons. The average Bonchev–Trinajstić information content (AvgIpc) is 3.35. The first-order valence-electron chi connectivity index (χ1n) is 8.55. The molecule has 0 unspecified atom stereocenters. The zero-order valence-electron chi connectivity index (χ0n) is 14.2. The third-order valence-electron chi connectivity index (χ3n) is 4.17. The van der Waals surface area contributed by atoms with Gasteiger partial charge in [-0.2, -0.15) is 0 Å². The summed E-state index contributed by atoms with van der Waals surface area (Å²) in [6.07, 6.45) is 2.74. The standard InChI is InChI=1S/C18H30N4/c1-4-19-18(20-12-13-22(5-2)17-10-11-17)21-14-16-9-7-6-8-15(16)3/h6-9,17H,4-5,10-14H2,1-3H3,(H2,19,20,21). The molecule has 2 N–H and O–H groups in total. The molecule has 4 nitrogen and oxygen atoms in total. The highest BCUT2D eigenvalue weighted by Gasteiger charge is 2.27. The molecule has 1 saturated carbocycles. The van der Waals surface area contributed by atoms with Gasteiger partial charge in [0, 0.05) is 25.7 Å². The van der Waals surface area contributed by atoms with Crippen LogP contribution in [-0.2, 0) is 6.54 Å². The van der Waals surface area contributed by atoms with Crippen molar-refractivity contribution in [2.75, 3.05) is 26.2 Å². The van der Waals surface area contributed by atoms with Gasteiger partial charge in [-0.25, -0.2) is 4.99 Å². The summed E-state index contributed by atoms with van der Waals surface area (Å²) in [6.45, 7) is 11.3. The summed E-state index contributed by atoms with van der Waals surface area (Å²) in [5.74, 6) is 0.914. The van der Waals surface area contributed by atoms with Crippen molar-refractivity contribution in [2.45, 2.75) is 46.2 Å². The molecule has 0 radical (unpaired) electrons. The molecule has 0 aromatic heterocycles. The summed E-state index contributed by atoms with van der Waals surface area (Å²) in [6, 6.07) is 9.27. The second kappa shape index (κ2) is 8.79. The van der Waals surface area contributed by atoms with Gasteiger partial charge >= 0.3 is 0 Å². The number of hydrogen-bond donors (Lipinski definition) is 2. The quantitative estimate of drug-likeness (QED) is 0.572. The molecular weight excluding hydrogens is 272 g/mol. The number of aliphatic imine (C=N–C) groups is 1. The minimum absolute atomic E-state index is 0.724. The molecule has 2 rings (SSSR count). The van der Waals surface area contributed by atoms with E-state index in [-0.39, 0.29) is 0 Å². The first-order chi connectivity index (χ1) is 10.7. The van der Waals surface area contributed by atoms with Gasteiger partial charge in [-0.05, 0) is 44.4 Å². The van der Waals surface area contributed by atoms with E-state index in [0.717, 1.165) is 44.7 Å². The van der Waals surface area contributed by atoms with Crippen LogP contribution in [0.1, 0.15) is 37.8 Å². The molecule has 0 amide bonds. The molecule has 0 saturated heterocycles. The molecule has 1 aliphatic rings. The lowest BCUT2D eigenvalue weighted by molar-refractivity contribution is 0.282. The summed E-state index contributed by atoms with van der Waals surface area (Å²) in [7, 11) is 0. The highest BCUT2D eigenvalue weighted by Crippen LogP contribution is 2.25. The van der Waals surface area contributed by atoms with Crippen LogP contribution in [0.3, 0.4) is 0 Å². The maximum atomic E-state index is 4.70. The molecule has 0 bridgehead atoms. The maximum absolute atomic E-state index is 4.70. The molecule has 0 atom stereocenters. The third-order valence-corrected chi connectivity index (χ3v) is 4.17. The number of aryl methyl sites for hydroxylation is 1. The zero-order chi connectivity index (χ0) is 15.8. The Morgan fingerprint density at radius 2 is 2.00 bits per heavy atom. The molecule has 1 fully saturated rings. The predicted octanol–water partition coefficient (Wildman–Crippen LogP) is 2.53. The number of nitrogens with one attached hydrogen (secondary N) is 2. The summed E-state index contributed by atoms with van der Waals surface area (Å²) < 4.78 is 0. The van der Waals surface area contributed by atoms with Crippen LogP contribution in [0.4, 0.5) is 0 Å². The van der Waals surface area contributed by atoms with E-state index in [1.165, 1.54) is 24.0 Å². The van der Waals surface area contributed by atoms with Crippen LogP contribution in [0.25, 0.3) is 0 Å². The van der Waals surface area contributed by atoms with Crippen molar-refractivity contribution >= 4 is 5.96 Å². The maximum Gasteiger partial charge on any atom is 0.191 e. The molecule has 22 heavy (non-hydrogen) atoms. The van der Waals surface area contributed by atoms with E-state index < -0.39 is 0 Å². The Kier molecular flexibility index (Phi) is 6.72. The fraction of sp³-hybridized carbons (Fsp3) is 0.611. The predicted molar refractivity (Wildman–Crippen MR) is 94.3 cm³/mol. The van der Waals surface area contributed by atoms with E-state index in [2.05, 4.69) is 60.6 Å². The molecule has 1 aromatic carbocycles. The van der Waals surface area contributed by atoms with E-state index in [4.69, 9.17) is 4.99 Å². The van der Waals surface area contributed by atoms with Crippen molar-refractivity contribution in [2.24, 2.45) is 4.99 Å². The molecule has 1 aliphatic carbocycles. The van der Waals surface area contributed by atoms with Crippen LogP contribution >= 0.6 is 0 Å². The lowest BCUT2D eigenvalue weighted by atomic mass is 10.1. The lowest BCUT2D eigenvalue weighted by Gasteiger charge is -2.20. The van der Waals surface area contributed by atoms with Crippen LogP contribution in [-0.4, -0.2) is 43.1 Å². The normalized spacial score (nSPS) is 15.2. The van der Waals surface area contributed by atoms with Crippen LogP contribution in [0.2, 0.25) is 0 Å². The largest absolute Gasteiger partial charge is 0.357 e. The van der Waals surface area contributed by atoms with Crippen LogP contribution < -0.4 is 10.6 Å².